The number of aliphatic hydroxyl groups is 1. The number of benzene rings is 1. The molecular weight excluding hydrogens is 444 g/mol. The molecule has 10 heteroatoms. The van der Waals surface area contributed by atoms with Gasteiger partial charge in [-0.25, -0.2) is 13.8 Å². The van der Waals surface area contributed by atoms with Crippen LogP contribution in [0.1, 0.15) is 60.5 Å². The lowest BCUT2D eigenvalue weighted by Gasteiger charge is -2.32. The SMILES string of the molecule is CC(C)C1CCC(Oc2cncc(C(=O)NCCO)n2)c2nnc(-c3c(F)cccc3F)cc21. The largest absolute Gasteiger partial charge is 0.467 e. The van der Waals surface area contributed by atoms with E-state index in [-0.39, 0.29) is 47.8 Å². The number of amides is 1. The van der Waals surface area contributed by atoms with Crippen LogP contribution in [-0.4, -0.2) is 44.3 Å². The van der Waals surface area contributed by atoms with Crippen LogP contribution < -0.4 is 10.1 Å². The minimum absolute atomic E-state index is 0.0542. The molecule has 0 fully saturated rings. The summed E-state index contributed by atoms with van der Waals surface area (Å²) in [5.74, 6) is -1.37. The molecule has 0 spiro atoms. The van der Waals surface area contributed by atoms with Crippen LogP contribution in [0.15, 0.2) is 36.7 Å². The van der Waals surface area contributed by atoms with E-state index in [0.29, 0.717) is 12.1 Å². The molecule has 2 heterocycles. The number of hydrogen-bond donors (Lipinski definition) is 2. The van der Waals surface area contributed by atoms with Crippen LogP contribution in [-0.2, 0) is 0 Å². The minimum Gasteiger partial charge on any atom is -0.467 e. The average molecular weight is 469 g/mol. The maximum Gasteiger partial charge on any atom is 0.271 e. The summed E-state index contributed by atoms with van der Waals surface area (Å²) in [5, 5.41) is 19.8. The van der Waals surface area contributed by atoms with Gasteiger partial charge in [0.2, 0.25) is 5.88 Å². The van der Waals surface area contributed by atoms with E-state index in [1.807, 2.05) is 0 Å². The molecule has 2 atom stereocenters. The van der Waals surface area contributed by atoms with E-state index in [1.54, 1.807) is 6.07 Å². The Labute approximate surface area is 195 Å². The second kappa shape index (κ2) is 10.2. The van der Waals surface area contributed by atoms with Gasteiger partial charge in [0, 0.05) is 6.54 Å². The molecule has 2 unspecified atom stereocenters. The number of rotatable bonds is 7. The number of nitrogens with one attached hydrogen (secondary N) is 1. The van der Waals surface area contributed by atoms with E-state index in [0.717, 1.165) is 12.0 Å². The summed E-state index contributed by atoms with van der Waals surface area (Å²) in [6.07, 6.45) is 3.58. The molecule has 8 nitrogen and oxygen atoms in total. The summed E-state index contributed by atoms with van der Waals surface area (Å²) >= 11 is 0. The van der Waals surface area contributed by atoms with Gasteiger partial charge in [0.15, 0.2) is 0 Å². The van der Waals surface area contributed by atoms with Crippen molar-refractivity contribution in [3.05, 3.63) is 65.2 Å². The summed E-state index contributed by atoms with van der Waals surface area (Å²) in [6, 6.07) is 5.37. The zero-order valence-corrected chi connectivity index (χ0v) is 18.8. The monoisotopic (exact) mass is 469 g/mol. The molecule has 0 aliphatic heterocycles. The molecular formula is C24H25F2N5O3. The zero-order chi connectivity index (χ0) is 24.2. The van der Waals surface area contributed by atoms with Gasteiger partial charge in [-0.3, -0.25) is 9.78 Å². The first-order valence-electron chi connectivity index (χ1n) is 11.1. The molecule has 0 saturated carbocycles. The van der Waals surface area contributed by atoms with E-state index >= 15 is 0 Å². The van der Waals surface area contributed by atoms with Crippen LogP contribution in [0, 0.1) is 17.6 Å². The van der Waals surface area contributed by atoms with Crippen molar-refractivity contribution in [2.45, 2.75) is 38.7 Å². The number of hydrogen-bond acceptors (Lipinski definition) is 7. The number of carbonyl (C=O) groups excluding carboxylic acids is 1. The van der Waals surface area contributed by atoms with Gasteiger partial charge in [0.1, 0.15) is 29.1 Å². The van der Waals surface area contributed by atoms with Crippen molar-refractivity contribution in [3.8, 4) is 17.1 Å². The predicted molar refractivity (Wildman–Crippen MR) is 119 cm³/mol. The van der Waals surface area contributed by atoms with Gasteiger partial charge in [-0.2, -0.15) is 5.10 Å². The lowest BCUT2D eigenvalue weighted by atomic mass is 9.77. The third-order valence-corrected chi connectivity index (χ3v) is 5.83. The first kappa shape index (κ1) is 23.6. The molecule has 0 saturated heterocycles. The number of aliphatic hydroxyl groups excluding tert-OH is 1. The van der Waals surface area contributed by atoms with Gasteiger partial charge < -0.3 is 15.2 Å². The molecule has 0 radical (unpaired) electrons. The quantitative estimate of drug-likeness (QED) is 0.544. The molecule has 3 aromatic rings. The van der Waals surface area contributed by atoms with E-state index in [2.05, 4.69) is 39.3 Å². The van der Waals surface area contributed by atoms with Crippen LogP contribution >= 0.6 is 0 Å². The molecule has 4 rings (SSSR count). The standard InChI is InChI=1S/C24H25F2N5O3/c1-13(2)14-6-7-20(34-21-12-27-11-19(29-21)24(33)28-8-9-32)23-15(14)10-18(30-31-23)22-16(25)4-3-5-17(22)26/h3-5,10-14,20,32H,6-9H2,1-2H3,(H,28,33). The highest BCUT2D eigenvalue weighted by Crippen LogP contribution is 2.43. The number of fused-ring (bicyclic) bond motifs is 1. The van der Waals surface area contributed by atoms with Crippen LogP contribution in [0.5, 0.6) is 5.88 Å². The number of halogens is 2. The second-order valence-corrected chi connectivity index (χ2v) is 8.42. The van der Waals surface area contributed by atoms with E-state index in [1.165, 1.54) is 30.6 Å². The second-order valence-electron chi connectivity index (χ2n) is 8.42. The molecule has 178 valence electrons. The fourth-order valence-corrected chi connectivity index (χ4v) is 4.18. The highest BCUT2D eigenvalue weighted by atomic mass is 19.1. The summed E-state index contributed by atoms with van der Waals surface area (Å²) < 4.78 is 34.8. The Kier molecular flexibility index (Phi) is 7.06. The first-order chi connectivity index (χ1) is 16.4. The Morgan fingerprint density at radius 2 is 1.97 bits per heavy atom. The molecule has 34 heavy (non-hydrogen) atoms. The van der Waals surface area contributed by atoms with Gasteiger partial charge in [-0.1, -0.05) is 19.9 Å². The van der Waals surface area contributed by atoms with Crippen LogP contribution in [0.2, 0.25) is 0 Å². The molecule has 0 bridgehead atoms. The molecule has 1 aromatic carbocycles. The normalized spacial score (nSPS) is 17.4. The van der Waals surface area contributed by atoms with Crippen molar-refractivity contribution in [1.29, 1.82) is 0 Å². The Balaban J connectivity index is 1.66. The number of aromatic nitrogens is 4. The van der Waals surface area contributed by atoms with Crippen LogP contribution in [0.4, 0.5) is 8.78 Å². The molecule has 2 N–H and O–H groups in total. The zero-order valence-electron chi connectivity index (χ0n) is 18.8. The number of carbonyl (C=O) groups is 1. The smallest absolute Gasteiger partial charge is 0.271 e. The number of ether oxygens (including phenoxy) is 1. The van der Waals surface area contributed by atoms with Gasteiger partial charge in [-0.05, 0) is 48.4 Å². The maximum atomic E-state index is 14.4. The summed E-state index contributed by atoms with van der Waals surface area (Å²) in [4.78, 5) is 20.4. The Bertz CT molecular complexity index is 1170. The number of nitrogens with zero attached hydrogens (tertiary/aromatic N) is 4. The minimum atomic E-state index is -0.703. The van der Waals surface area contributed by atoms with E-state index in [9.17, 15) is 13.6 Å². The predicted octanol–water partition coefficient (Wildman–Crippen LogP) is 3.59. The molecule has 2 aromatic heterocycles. The summed E-state index contributed by atoms with van der Waals surface area (Å²) in [7, 11) is 0. The van der Waals surface area contributed by atoms with Gasteiger partial charge in [0.25, 0.3) is 5.91 Å². The van der Waals surface area contributed by atoms with Gasteiger partial charge >= 0.3 is 0 Å². The van der Waals surface area contributed by atoms with Gasteiger partial charge in [-0.15, -0.1) is 5.10 Å². The Morgan fingerprint density at radius 1 is 1.21 bits per heavy atom. The fraction of sp³-hybridized carbons (Fsp3) is 0.375. The molecule has 1 amide bonds. The first-order valence-corrected chi connectivity index (χ1v) is 11.1. The Hall–Kier alpha value is -3.53. The highest BCUT2D eigenvalue weighted by molar-refractivity contribution is 5.92. The topological polar surface area (TPSA) is 110 Å². The van der Waals surface area contributed by atoms with Crippen molar-refractivity contribution in [2.75, 3.05) is 13.2 Å². The summed E-state index contributed by atoms with van der Waals surface area (Å²) in [5.41, 5.74) is 1.36. The average Bonchev–Trinajstić information content (AvgIpc) is 2.82. The van der Waals surface area contributed by atoms with Crippen molar-refractivity contribution >= 4 is 5.91 Å². The van der Waals surface area contributed by atoms with Crippen molar-refractivity contribution < 1.29 is 23.4 Å². The van der Waals surface area contributed by atoms with Gasteiger partial charge in [0.05, 0.1) is 30.3 Å². The van der Waals surface area contributed by atoms with E-state index in [4.69, 9.17) is 9.84 Å². The lowest BCUT2D eigenvalue weighted by Crippen LogP contribution is -2.27. The third kappa shape index (κ3) is 4.86. The van der Waals surface area contributed by atoms with Crippen molar-refractivity contribution in [2.24, 2.45) is 5.92 Å². The molecule has 1 aliphatic carbocycles. The van der Waals surface area contributed by atoms with Crippen molar-refractivity contribution in [1.82, 2.24) is 25.5 Å². The maximum absolute atomic E-state index is 14.4. The van der Waals surface area contributed by atoms with Crippen LogP contribution in [0.3, 0.4) is 0 Å². The lowest BCUT2D eigenvalue weighted by molar-refractivity contribution is 0.0935. The van der Waals surface area contributed by atoms with E-state index < -0.39 is 23.6 Å². The molecule has 1 aliphatic rings. The van der Waals surface area contributed by atoms with Crippen LogP contribution in [0.25, 0.3) is 11.3 Å². The summed E-state index contributed by atoms with van der Waals surface area (Å²) in [6.45, 7) is 4.07. The highest BCUT2D eigenvalue weighted by Gasteiger charge is 2.33. The fourth-order valence-electron chi connectivity index (χ4n) is 4.18. The van der Waals surface area contributed by atoms with Crippen molar-refractivity contribution in [3.63, 3.8) is 0 Å². The third-order valence-electron chi connectivity index (χ3n) is 5.83. The Morgan fingerprint density at radius 3 is 2.68 bits per heavy atom.